The highest BCUT2D eigenvalue weighted by Crippen LogP contribution is 2.35. The van der Waals surface area contributed by atoms with Crippen LogP contribution in [-0.2, 0) is 19.6 Å². The number of nitrogens with zero attached hydrogens (tertiary/aromatic N) is 4. The van der Waals surface area contributed by atoms with Crippen molar-refractivity contribution < 1.29 is 27.9 Å². The van der Waals surface area contributed by atoms with Crippen LogP contribution in [0.3, 0.4) is 0 Å². The number of aromatic nitrogens is 3. The van der Waals surface area contributed by atoms with Gasteiger partial charge >= 0.3 is 5.97 Å². The van der Waals surface area contributed by atoms with Gasteiger partial charge in [-0.3, -0.25) is 19.2 Å². The van der Waals surface area contributed by atoms with Crippen molar-refractivity contribution in [2.24, 2.45) is 0 Å². The summed E-state index contributed by atoms with van der Waals surface area (Å²) in [6, 6.07) is 8.39. The molecule has 2 N–H and O–H groups in total. The number of sulfonamides is 1. The lowest BCUT2D eigenvalue weighted by atomic mass is 10.2. The number of carbonyl (C=O) groups excluding carboxylic acids is 1. The third-order valence-electron chi connectivity index (χ3n) is 4.35. The number of halogens is 1. The van der Waals surface area contributed by atoms with E-state index in [1.807, 2.05) is 0 Å². The fraction of sp³-hybridized carbons (Fsp3) is 0.111. The molecule has 11 nitrogen and oxygen atoms in total. The van der Waals surface area contributed by atoms with Gasteiger partial charge < -0.3 is 9.84 Å². The molecule has 13 heteroatoms. The number of benzene rings is 2. The van der Waals surface area contributed by atoms with Crippen molar-refractivity contribution in [1.29, 1.82) is 0 Å². The number of carbonyl (C=O) groups is 2. The lowest BCUT2D eigenvalue weighted by Gasteiger charge is -2.28. The Morgan fingerprint density at radius 1 is 1.23 bits per heavy atom. The smallest absolute Gasteiger partial charge is 0.323 e. The summed E-state index contributed by atoms with van der Waals surface area (Å²) in [5.41, 5.74) is 0.573. The first-order valence-corrected chi connectivity index (χ1v) is 10.6. The first-order valence-electron chi connectivity index (χ1n) is 8.71. The quantitative estimate of drug-likeness (QED) is 0.560. The summed E-state index contributed by atoms with van der Waals surface area (Å²) in [7, 11) is -4.16. The van der Waals surface area contributed by atoms with Crippen LogP contribution in [0.25, 0.3) is 5.69 Å². The standard InChI is InChI=1S/C18H14ClN5O6S/c19-11-1-3-14(24-10-20-9-21-24)13(5-11)22-31(28,29)12-2-4-16-15(6-12)23(7-18(26)27)17(25)8-30-16/h1-6,9-10,22H,7-8H2,(H,26,27). The summed E-state index contributed by atoms with van der Waals surface area (Å²) in [5, 5.41) is 13.4. The number of hydrogen-bond donors (Lipinski definition) is 2. The summed E-state index contributed by atoms with van der Waals surface area (Å²) in [5.74, 6) is -1.64. The molecule has 0 bridgehead atoms. The molecular weight excluding hydrogens is 450 g/mol. The molecule has 0 unspecified atom stereocenters. The molecule has 4 rings (SSSR count). The number of carboxylic acids is 1. The van der Waals surface area contributed by atoms with E-state index in [1.165, 1.54) is 41.6 Å². The van der Waals surface area contributed by atoms with E-state index < -0.39 is 28.4 Å². The third-order valence-corrected chi connectivity index (χ3v) is 5.94. The first kappa shape index (κ1) is 20.6. The Morgan fingerprint density at radius 2 is 2.03 bits per heavy atom. The van der Waals surface area contributed by atoms with Crippen molar-refractivity contribution in [3.63, 3.8) is 0 Å². The number of hydrogen-bond acceptors (Lipinski definition) is 7. The van der Waals surface area contributed by atoms with Crippen molar-refractivity contribution in [1.82, 2.24) is 14.8 Å². The summed E-state index contributed by atoms with van der Waals surface area (Å²) >= 11 is 6.04. The highest BCUT2D eigenvalue weighted by Gasteiger charge is 2.29. The van der Waals surface area contributed by atoms with Crippen molar-refractivity contribution in [3.8, 4) is 11.4 Å². The van der Waals surface area contributed by atoms with Gasteiger partial charge in [0.2, 0.25) is 0 Å². The van der Waals surface area contributed by atoms with E-state index in [1.54, 1.807) is 12.1 Å². The Balaban J connectivity index is 1.73. The van der Waals surface area contributed by atoms with Crippen LogP contribution in [-0.4, -0.2) is 53.3 Å². The second-order valence-electron chi connectivity index (χ2n) is 6.40. The topological polar surface area (TPSA) is 144 Å². The predicted octanol–water partition coefficient (Wildman–Crippen LogP) is 1.53. The number of aliphatic carboxylic acids is 1. The summed E-state index contributed by atoms with van der Waals surface area (Å²) in [6.07, 6.45) is 2.69. The monoisotopic (exact) mass is 463 g/mol. The van der Waals surface area contributed by atoms with Crippen LogP contribution in [0.4, 0.5) is 11.4 Å². The zero-order valence-electron chi connectivity index (χ0n) is 15.6. The Bertz CT molecular complexity index is 1280. The van der Waals surface area contributed by atoms with Crippen LogP contribution < -0.4 is 14.4 Å². The number of amides is 1. The SMILES string of the molecule is O=C(O)CN1C(=O)COc2ccc(S(=O)(=O)Nc3cc(Cl)ccc3-n3cncn3)cc21. The van der Waals surface area contributed by atoms with Crippen LogP contribution in [0.15, 0.2) is 53.9 Å². The fourth-order valence-electron chi connectivity index (χ4n) is 2.98. The average molecular weight is 464 g/mol. The Hall–Kier alpha value is -3.64. The first-order chi connectivity index (χ1) is 14.7. The second kappa shape index (κ2) is 7.89. The molecule has 31 heavy (non-hydrogen) atoms. The van der Waals surface area contributed by atoms with Gasteiger partial charge in [-0.2, -0.15) is 5.10 Å². The molecule has 1 aliphatic heterocycles. The number of ether oxygens (including phenoxy) is 1. The van der Waals surface area contributed by atoms with Crippen LogP contribution in [0.5, 0.6) is 5.75 Å². The van der Waals surface area contributed by atoms with Crippen LogP contribution in [0.2, 0.25) is 5.02 Å². The number of fused-ring (bicyclic) bond motifs is 1. The maximum absolute atomic E-state index is 13.1. The number of rotatable bonds is 6. The molecular formula is C18H14ClN5O6S. The van der Waals surface area contributed by atoms with Gasteiger partial charge in [0, 0.05) is 5.02 Å². The largest absolute Gasteiger partial charge is 0.482 e. The van der Waals surface area contributed by atoms with Crippen molar-refractivity contribution >= 4 is 44.9 Å². The molecule has 0 saturated heterocycles. The summed E-state index contributed by atoms with van der Waals surface area (Å²) < 4.78 is 35.2. The van der Waals surface area contributed by atoms with Gasteiger partial charge in [-0.25, -0.2) is 18.1 Å². The van der Waals surface area contributed by atoms with E-state index in [9.17, 15) is 18.0 Å². The molecule has 3 aromatic rings. The minimum absolute atomic E-state index is 0.0455. The molecule has 0 fully saturated rings. The molecule has 0 radical (unpaired) electrons. The molecule has 1 aromatic heterocycles. The van der Waals surface area contributed by atoms with Crippen molar-refractivity contribution in [2.75, 3.05) is 22.8 Å². The maximum Gasteiger partial charge on any atom is 0.323 e. The van der Waals surface area contributed by atoms with E-state index in [-0.39, 0.29) is 28.6 Å². The van der Waals surface area contributed by atoms with Gasteiger partial charge in [0.05, 0.1) is 22.0 Å². The molecule has 0 spiro atoms. The van der Waals surface area contributed by atoms with Crippen LogP contribution in [0.1, 0.15) is 0 Å². The second-order valence-corrected chi connectivity index (χ2v) is 8.52. The lowest BCUT2D eigenvalue weighted by Crippen LogP contribution is -2.42. The van der Waals surface area contributed by atoms with Gasteiger partial charge in [-0.15, -0.1) is 0 Å². The Labute approximate surface area is 180 Å². The van der Waals surface area contributed by atoms with Gasteiger partial charge in [-0.05, 0) is 36.4 Å². The molecule has 160 valence electrons. The third kappa shape index (κ3) is 4.15. The fourth-order valence-corrected chi connectivity index (χ4v) is 4.24. The molecule has 2 heterocycles. The summed E-state index contributed by atoms with van der Waals surface area (Å²) in [4.78, 5) is 27.8. The molecule has 0 atom stereocenters. The Morgan fingerprint density at radius 3 is 2.74 bits per heavy atom. The minimum Gasteiger partial charge on any atom is -0.482 e. The highest BCUT2D eigenvalue weighted by molar-refractivity contribution is 7.92. The lowest BCUT2D eigenvalue weighted by molar-refractivity contribution is -0.137. The number of nitrogens with one attached hydrogen (secondary N) is 1. The minimum atomic E-state index is -4.16. The van der Waals surface area contributed by atoms with Gasteiger partial charge in [0.25, 0.3) is 15.9 Å². The van der Waals surface area contributed by atoms with Gasteiger partial charge in [0.15, 0.2) is 6.61 Å². The van der Waals surface area contributed by atoms with E-state index in [0.717, 1.165) is 4.90 Å². The molecule has 1 amide bonds. The van der Waals surface area contributed by atoms with E-state index in [4.69, 9.17) is 21.4 Å². The maximum atomic E-state index is 13.1. The molecule has 2 aromatic carbocycles. The van der Waals surface area contributed by atoms with Gasteiger partial charge in [-0.1, -0.05) is 11.6 Å². The number of anilines is 2. The Kier molecular flexibility index (Phi) is 5.25. The van der Waals surface area contributed by atoms with E-state index in [0.29, 0.717) is 10.7 Å². The molecule has 0 saturated carbocycles. The highest BCUT2D eigenvalue weighted by atomic mass is 35.5. The zero-order valence-corrected chi connectivity index (χ0v) is 17.2. The molecule has 1 aliphatic rings. The van der Waals surface area contributed by atoms with Crippen molar-refractivity contribution in [2.45, 2.75) is 4.90 Å². The average Bonchev–Trinajstić information content (AvgIpc) is 3.24. The van der Waals surface area contributed by atoms with E-state index in [2.05, 4.69) is 14.8 Å². The summed E-state index contributed by atoms with van der Waals surface area (Å²) in [6.45, 7) is -0.967. The predicted molar refractivity (Wildman–Crippen MR) is 109 cm³/mol. The van der Waals surface area contributed by atoms with E-state index >= 15 is 0 Å². The van der Waals surface area contributed by atoms with Crippen molar-refractivity contribution in [3.05, 3.63) is 54.1 Å². The normalized spacial score (nSPS) is 13.5. The number of carboxylic acid groups (broad SMARTS) is 1. The van der Waals surface area contributed by atoms with Crippen LogP contribution in [0, 0.1) is 0 Å². The zero-order chi connectivity index (χ0) is 22.2. The van der Waals surface area contributed by atoms with Crippen LogP contribution >= 0.6 is 11.6 Å². The molecule has 0 aliphatic carbocycles. The van der Waals surface area contributed by atoms with Gasteiger partial charge in [0.1, 0.15) is 24.9 Å².